The molecule has 0 radical (unpaired) electrons. The van der Waals surface area contributed by atoms with Gasteiger partial charge in [-0.1, -0.05) is 13.8 Å². The molecule has 1 unspecified atom stereocenters. The van der Waals surface area contributed by atoms with Crippen molar-refractivity contribution in [1.82, 2.24) is 4.67 Å². The largest absolute Gasteiger partial charge is 0.358 e. The van der Waals surface area contributed by atoms with Gasteiger partial charge in [0.05, 0.1) is 6.10 Å². The van der Waals surface area contributed by atoms with E-state index in [1.807, 2.05) is 25.4 Å². The van der Waals surface area contributed by atoms with Gasteiger partial charge in [-0.2, -0.15) is 0 Å². The second-order valence-corrected chi connectivity index (χ2v) is 5.69. The maximum Gasteiger partial charge on any atom is 0.303 e. The lowest BCUT2D eigenvalue weighted by atomic mass is 10.6. The van der Waals surface area contributed by atoms with Gasteiger partial charge < -0.3 is 9.26 Å². The number of hydrogen-bond donors (Lipinski definition) is 0. The van der Waals surface area contributed by atoms with Crippen LogP contribution >= 0.6 is 7.52 Å². The van der Waals surface area contributed by atoms with E-state index in [0.29, 0.717) is 0 Å². The van der Waals surface area contributed by atoms with Crippen molar-refractivity contribution in [3.63, 3.8) is 0 Å². The second-order valence-electron chi connectivity index (χ2n) is 3.12. The highest BCUT2D eigenvalue weighted by atomic mass is 31.2. The minimum Gasteiger partial charge on any atom is -0.358 e. The molecular formula is C8H18NO3P. The van der Waals surface area contributed by atoms with Crippen molar-refractivity contribution in [2.24, 2.45) is 0 Å². The molecule has 78 valence electrons. The zero-order valence-corrected chi connectivity index (χ0v) is 9.58. The van der Waals surface area contributed by atoms with Gasteiger partial charge in [0, 0.05) is 20.2 Å². The zero-order chi connectivity index (χ0) is 10.1. The summed E-state index contributed by atoms with van der Waals surface area (Å²) in [5.74, 6) is -0.211. The molecule has 1 fully saturated rings. The fourth-order valence-corrected chi connectivity index (χ4v) is 3.94. The van der Waals surface area contributed by atoms with Gasteiger partial charge in [-0.3, -0.25) is 4.57 Å². The molecule has 1 saturated heterocycles. The first-order chi connectivity index (χ1) is 6.10. The molecule has 4 nitrogen and oxygen atoms in total. The van der Waals surface area contributed by atoms with E-state index in [2.05, 4.69) is 0 Å². The molecule has 0 N–H and O–H groups in total. The molecule has 1 aliphatic rings. The average molecular weight is 207 g/mol. The lowest BCUT2D eigenvalue weighted by Crippen LogP contribution is -2.23. The Morgan fingerprint density at radius 1 is 1.46 bits per heavy atom. The molecular weight excluding hydrogens is 189 g/mol. The van der Waals surface area contributed by atoms with Crippen LogP contribution in [-0.2, 0) is 13.8 Å². The lowest BCUT2D eigenvalue weighted by molar-refractivity contribution is 0.295. The fraction of sp³-hybridized carbons (Fsp3) is 1.00. The Hall–Kier alpha value is 0.110. The molecule has 1 aliphatic heterocycles. The van der Waals surface area contributed by atoms with Gasteiger partial charge in [-0.25, -0.2) is 4.67 Å². The van der Waals surface area contributed by atoms with Crippen molar-refractivity contribution < 1.29 is 13.8 Å². The SMILES string of the molecule is CCN(CC)P(=O)(OC)[C@@H]1O[C@@H]1C. The Balaban J connectivity index is 2.73. The molecule has 0 aromatic carbocycles. The standard InChI is InChI=1S/C8H18NO3P/c1-5-9(6-2)13(10,11-4)8-7(3)12-8/h7-8H,5-6H2,1-4H3/t7-,8+,13?/m1/s1. The average Bonchev–Trinajstić information content (AvgIpc) is 2.85. The molecule has 1 heterocycles. The van der Waals surface area contributed by atoms with Gasteiger partial charge >= 0.3 is 7.52 Å². The molecule has 0 aliphatic carbocycles. The third-order valence-corrected chi connectivity index (χ3v) is 5.45. The van der Waals surface area contributed by atoms with E-state index >= 15 is 0 Å². The van der Waals surface area contributed by atoms with Crippen LogP contribution in [0.1, 0.15) is 20.8 Å². The van der Waals surface area contributed by atoms with Gasteiger partial charge in [0.2, 0.25) is 0 Å². The highest BCUT2D eigenvalue weighted by molar-refractivity contribution is 7.57. The van der Waals surface area contributed by atoms with E-state index in [4.69, 9.17) is 9.26 Å². The smallest absolute Gasteiger partial charge is 0.303 e. The number of hydrogen-bond acceptors (Lipinski definition) is 3. The number of ether oxygens (including phenoxy) is 1. The van der Waals surface area contributed by atoms with Crippen LogP contribution in [0, 0.1) is 0 Å². The van der Waals surface area contributed by atoms with Gasteiger partial charge in [0.15, 0.2) is 5.85 Å². The number of epoxide rings is 1. The van der Waals surface area contributed by atoms with E-state index in [1.54, 1.807) is 0 Å². The molecule has 5 heteroatoms. The van der Waals surface area contributed by atoms with Crippen molar-refractivity contribution in [2.75, 3.05) is 20.2 Å². The molecule has 0 bridgehead atoms. The summed E-state index contributed by atoms with van der Waals surface area (Å²) in [6.07, 6.45) is 0.0754. The maximum absolute atomic E-state index is 12.3. The monoisotopic (exact) mass is 207 g/mol. The summed E-state index contributed by atoms with van der Waals surface area (Å²) in [4.78, 5) is 0. The van der Waals surface area contributed by atoms with E-state index < -0.39 is 7.52 Å². The molecule has 0 aromatic heterocycles. The molecule has 13 heavy (non-hydrogen) atoms. The van der Waals surface area contributed by atoms with Crippen LogP contribution in [0.3, 0.4) is 0 Å². The highest BCUT2D eigenvalue weighted by Crippen LogP contribution is 2.62. The van der Waals surface area contributed by atoms with Gasteiger partial charge in [0.25, 0.3) is 0 Å². The lowest BCUT2D eigenvalue weighted by Gasteiger charge is -2.26. The number of rotatable bonds is 5. The van der Waals surface area contributed by atoms with Crippen molar-refractivity contribution in [2.45, 2.75) is 32.7 Å². The van der Waals surface area contributed by atoms with Crippen LogP contribution in [-0.4, -0.2) is 36.8 Å². The molecule has 0 spiro atoms. The summed E-state index contributed by atoms with van der Waals surface area (Å²) in [6.45, 7) is 7.33. The normalized spacial score (nSPS) is 31.8. The van der Waals surface area contributed by atoms with Crippen molar-refractivity contribution in [1.29, 1.82) is 0 Å². The molecule has 0 amide bonds. The van der Waals surface area contributed by atoms with E-state index in [9.17, 15) is 4.57 Å². The van der Waals surface area contributed by atoms with E-state index in [1.165, 1.54) is 7.11 Å². The van der Waals surface area contributed by atoms with Gasteiger partial charge in [-0.05, 0) is 6.92 Å². The Bertz CT molecular complexity index is 217. The predicted molar refractivity (Wildman–Crippen MR) is 51.9 cm³/mol. The Kier molecular flexibility index (Phi) is 3.52. The molecule has 3 atom stereocenters. The van der Waals surface area contributed by atoms with Crippen molar-refractivity contribution in [3.8, 4) is 0 Å². The highest BCUT2D eigenvalue weighted by Gasteiger charge is 2.53. The zero-order valence-electron chi connectivity index (χ0n) is 8.69. The van der Waals surface area contributed by atoms with Crippen LogP contribution in [0.5, 0.6) is 0 Å². The summed E-state index contributed by atoms with van der Waals surface area (Å²) in [7, 11) is -1.22. The molecule has 1 rings (SSSR count). The minimum atomic E-state index is -2.72. The summed E-state index contributed by atoms with van der Waals surface area (Å²) in [5, 5.41) is 0. The van der Waals surface area contributed by atoms with Crippen molar-refractivity contribution in [3.05, 3.63) is 0 Å². The summed E-state index contributed by atoms with van der Waals surface area (Å²) < 4.78 is 24.5. The second kappa shape index (κ2) is 4.09. The Morgan fingerprint density at radius 3 is 2.15 bits per heavy atom. The van der Waals surface area contributed by atoms with Crippen LogP contribution in [0.25, 0.3) is 0 Å². The molecule has 0 aromatic rings. The molecule has 0 saturated carbocycles. The predicted octanol–water partition coefficient (Wildman–Crippen LogP) is 1.91. The number of nitrogens with zero attached hydrogens (tertiary/aromatic N) is 1. The fourth-order valence-electron chi connectivity index (χ4n) is 1.51. The summed E-state index contributed by atoms with van der Waals surface area (Å²) in [5.41, 5.74) is 0. The van der Waals surface area contributed by atoms with Crippen LogP contribution in [0.4, 0.5) is 0 Å². The Labute approximate surface area is 79.7 Å². The van der Waals surface area contributed by atoms with Crippen molar-refractivity contribution >= 4 is 7.52 Å². The van der Waals surface area contributed by atoms with Crippen LogP contribution < -0.4 is 0 Å². The topological polar surface area (TPSA) is 42.1 Å². The maximum atomic E-state index is 12.3. The van der Waals surface area contributed by atoms with Gasteiger partial charge in [-0.15, -0.1) is 0 Å². The third kappa shape index (κ3) is 1.96. The van der Waals surface area contributed by atoms with Crippen LogP contribution in [0.15, 0.2) is 0 Å². The van der Waals surface area contributed by atoms with Crippen LogP contribution in [0.2, 0.25) is 0 Å². The summed E-state index contributed by atoms with van der Waals surface area (Å²) in [6, 6.07) is 0. The Morgan fingerprint density at radius 2 is 1.92 bits per heavy atom. The third-order valence-electron chi connectivity index (χ3n) is 2.39. The quantitative estimate of drug-likeness (QED) is 0.510. The first kappa shape index (κ1) is 11.2. The van der Waals surface area contributed by atoms with E-state index in [-0.39, 0.29) is 11.9 Å². The van der Waals surface area contributed by atoms with Gasteiger partial charge in [0.1, 0.15) is 0 Å². The minimum absolute atomic E-state index is 0.0754. The van der Waals surface area contributed by atoms with E-state index in [0.717, 1.165) is 13.1 Å². The summed E-state index contributed by atoms with van der Waals surface area (Å²) >= 11 is 0. The first-order valence-corrected chi connectivity index (χ1v) is 6.31. The first-order valence-electron chi connectivity index (χ1n) is 4.66.